The largest absolute Gasteiger partial charge is 0.368 e. The molecule has 0 atom stereocenters. The Kier molecular flexibility index (Phi) is 4.59. The summed E-state index contributed by atoms with van der Waals surface area (Å²) in [5, 5.41) is 7.10. The van der Waals surface area contributed by atoms with Gasteiger partial charge in [-0.1, -0.05) is 29.8 Å². The quantitative estimate of drug-likeness (QED) is 0.805. The first-order chi connectivity index (χ1) is 10.7. The van der Waals surface area contributed by atoms with Crippen LogP contribution < -0.4 is 4.90 Å². The van der Waals surface area contributed by atoms with Crippen molar-refractivity contribution in [3.8, 4) is 0 Å². The number of hydrazone groups is 1. The van der Waals surface area contributed by atoms with E-state index in [1.165, 1.54) is 11.8 Å². The van der Waals surface area contributed by atoms with Crippen LogP contribution in [-0.2, 0) is 0 Å². The van der Waals surface area contributed by atoms with Crippen LogP contribution in [0.25, 0.3) is 0 Å². The number of nitrogens with zero attached hydrogens (tertiary/aromatic N) is 3. The van der Waals surface area contributed by atoms with Crippen molar-refractivity contribution in [1.82, 2.24) is 5.01 Å². The maximum absolute atomic E-state index is 13.5. The van der Waals surface area contributed by atoms with Crippen molar-refractivity contribution in [2.24, 2.45) is 5.10 Å². The van der Waals surface area contributed by atoms with Gasteiger partial charge >= 0.3 is 0 Å². The monoisotopic (exact) mass is 317 g/mol. The predicted octanol–water partition coefficient (Wildman–Crippen LogP) is 3.64. The van der Waals surface area contributed by atoms with Gasteiger partial charge in [-0.3, -0.25) is 5.01 Å². The highest BCUT2D eigenvalue weighted by atomic mass is 35.5. The van der Waals surface area contributed by atoms with Gasteiger partial charge in [0.05, 0.1) is 19.3 Å². The van der Waals surface area contributed by atoms with Crippen LogP contribution in [0.2, 0.25) is 5.02 Å². The Hall–Kier alpha value is -2.07. The lowest BCUT2D eigenvalue weighted by atomic mass is 10.2. The van der Waals surface area contributed by atoms with E-state index < -0.39 is 0 Å². The van der Waals surface area contributed by atoms with Crippen LogP contribution in [0.3, 0.4) is 0 Å². The Morgan fingerprint density at radius 3 is 2.32 bits per heavy atom. The van der Waals surface area contributed by atoms with Crippen molar-refractivity contribution in [2.45, 2.75) is 0 Å². The van der Waals surface area contributed by atoms with Gasteiger partial charge in [-0.05, 0) is 30.3 Å². The Bertz CT molecular complexity index is 649. The smallest absolute Gasteiger partial charge is 0.132 e. The third-order valence-corrected chi connectivity index (χ3v) is 3.97. The van der Waals surface area contributed by atoms with Crippen LogP contribution in [0.15, 0.2) is 53.6 Å². The fourth-order valence-corrected chi connectivity index (χ4v) is 2.57. The van der Waals surface area contributed by atoms with E-state index in [2.05, 4.69) is 10.0 Å². The minimum atomic E-state index is -0.244. The van der Waals surface area contributed by atoms with Gasteiger partial charge in [0.25, 0.3) is 0 Å². The average Bonchev–Trinajstić information content (AvgIpc) is 2.55. The van der Waals surface area contributed by atoms with Crippen molar-refractivity contribution in [3.63, 3.8) is 0 Å². The molecule has 1 saturated heterocycles. The first-order valence-corrected chi connectivity index (χ1v) is 7.64. The molecule has 2 aromatic carbocycles. The van der Waals surface area contributed by atoms with Crippen LogP contribution in [0.4, 0.5) is 10.1 Å². The van der Waals surface area contributed by atoms with E-state index in [9.17, 15) is 4.39 Å². The molecule has 0 N–H and O–H groups in total. The first kappa shape index (κ1) is 14.9. The van der Waals surface area contributed by atoms with Crippen LogP contribution in [0, 0.1) is 5.82 Å². The molecule has 0 amide bonds. The summed E-state index contributed by atoms with van der Waals surface area (Å²) in [7, 11) is 0. The number of rotatable bonds is 3. The van der Waals surface area contributed by atoms with Crippen molar-refractivity contribution in [1.29, 1.82) is 0 Å². The molecule has 3 nitrogen and oxygen atoms in total. The molecule has 1 fully saturated rings. The molecule has 0 radical (unpaired) electrons. The van der Waals surface area contributed by atoms with E-state index in [1.54, 1.807) is 18.3 Å². The molecular formula is C17H17ClFN3. The number of anilines is 1. The van der Waals surface area contributed by atoms with Crippen LogP contribution in [0.1, 0.15) is 5.56 Å². The van der Waals surface area contributed by atoms with Crippen molar-refractivity contribution in [3.05, 3.63) is 64.9 Å². The topological polar surface area (TPSA) is 18.8 Å². The van der Waals surface area contributed by atoms with E-state index in [0.29, 0.717) is 5.56 Å². The maximum Gasteiger partial charge on any atom is 0.132 e. The second-order valence-corrected chi connectivity index (χ2v) is 5.62. The summed E-state index contributed by atoms with van der Waals surface area (Å²) >= 11 is 5.91. The highest BCUT2D eigenvalue weighted by Crippen LogP contribution is 2.19. The van der Waals surface area contributed by atoms with Crippen LogP contribution >= 0.6 is 11.6 Å². The van der Waals surface area contributed by atoms with Crippen molar-refractivity contribution >= 4 is 23.5 Å². The SMILES string of the molecule is Fc1ccccc1C=NN1CCN(c2ccc(Cl)cc2)CC1. The fourth-order valence-electron chi connectivity index (χ4n) is 2.45. The molecule has 1 heterocycles. The van der Waals surface area contributed by atoms with Gasteiger partial charge in [0.15, 0.2) is 0 Å². The molecule has 0 saturated carbocycles. The minimum absolute atomic E-state index is 0.244. The molecule has 0 spiro atoms. The Morgan fingerprint density at radius 1 is 0.955 bits per heavy atom. The van der Waals surface area contributed by atoms with Gasteiger partial charge in [-0.2, -0.15) is 5.10 Å². The Balaban J connectivity index is 1.58. The summed E-state index contributed by atoms with van der Waals surface area (Å²) in [5.74, 6) is -0.244. The lowest BCUT2D eigenvalue weighted by Crippen LogP contribution is -2.44. The zero-order chi connectivity index (χ0) is 15.4. The standard InChI is InChI=1S/C17H17ClFN3/c18-15-5-7-16(8-6-15)21-9-11-22(12-10-21)20-13-14-3-1-2-4-17(14)19/h1-8,13H,9-12H2. The zero-order valence-electron chi connectivity index (χ0n) is 12.1. The van der Waals surface area contributed by atoms with Crippen molar-refractivity contribution in [2.75, 3.05) is 31.1 Å². The minimum Gasteiger partial charge on any atom is -0.368 e. The normalized spacial score (nSPS) is 15.5. The third-order valence-electron chi connectivity index (χ3n) is 3.71. The molecule has 1 aliphatic heterocycles. The van der Waals surface area contributed by atoms with Gasteiger partial charge in [0, 0.05) is 29.4 Å². The molecule has 0 aliphatic carbocycles. The summed E-state index contributed by atoms with van der Waals surface area (Å²) in [6, 6.07) is 14.5. The van der Waals surface area contributed by atoms with Crippen molar-refractivity contribution < 1.29 is 4.39 Å². The lowest BCUT2D eigenvalue weighted by Gasteiger charge is -2.34. The first-order valence-electron chi connectivity index (χ1n) is 7.26. The second-order valence-electron chi connectivity index (χ2n) is 5.18. The highest BCUT2D eigenvalue weighted by molar-refractivity contribution is 6.30. The summed E-state index contributed by atoms with van der Waals surface area (Å²) in [5.41, 5.74) is 1.68. The van der Waals surface area contributed by atoms with Gasteiger partial charge in [-0.15, -0.1) is 0 Å². The summed E-state index contributed by atoms with van der Waals surface area (Å²) in [6.07, 6.45) is 1.59. The van der Waals surface area contributed by atoms with E-state index in [-0.39, 0.29) is 5.82 Å². The maximum atomic E-state index is 13.5. The summed E-state index contributed by atoms with van der Waals surface area (Å²) < 4.78 is 13.5. The number of piperazine rings is 1. The van der Waals surface area contributed by atoms with Gasteiger partial charge in [0.2, 0.25) is 0 Å². The second kappa shape index (κ2) is 6.79. The molecule has 0 aromatic heterocycles. The average molecular weight is 318 g/mol. The Labute approximate surface area is 134 Å². The molecule has 5 heteroatoms. The fraction of sp³-hybridized carbons (Fsp3) is 0.235. The van der Waals surface area contributed by atoms with Gasteiger partial charge < -0.3 is 4.90 Å². The number of hydrogen-bond donors (Lipinski definition) is 0. The summed E-state index contributed by atoms with van der Waals surface area (Å²) in [6.45, 7) is 3.40. The molecule has 22 heavy (non-hydrogen) atoms. The molecule has 0 bridgehead atoms. The molecule has 114 valence electrons. The highest BCUT2D eigenvalue weighted by Gasteiger charge is 2.15. The number of benzene rings is 2. The molecule has 1 aliphatic rings. The number of hydrogen-bond acceptors (Lipinski definition) is 3. The van der Waals surface area contributed by atoms with E-state index in [4.69, 9.17) is 11.6 Å². The molecule has 0 unspecified atom stereocenters. The third kappa shape index (κ3) is 3.57. The summed E-state index contributed by atoms with van der Waals surface area (Å²) in [4.78, 5) is 2.30. The van der Waals surface area contributed by atoms with Crippen LogP contribution in [0.5, 0.6) is 0 Å². The number of halogens is 2. The predicted molar refractivity (Wildman–Crippen MR) is 89.2 cm³/mol. The van der Waals surface area contributed by atoms with E-state index >= 15 is 0 Å². The lowest BCUT2D eigenvalue weighted by molar-refractivity contribution is 0.272. The van der Waals surface area contributed by atoms with Crippen LogP contribution in [-0.4, -0.2) is 37.4 Å². The van der Waals surface area contributed by atoms with Gasteiger partial charge in [0.1, 0.15) is 5.82 Å². The Morgan fingerprint density at radius 2 is 1.64 bits per heavy atom. The molecule has 2 aromatic rings. The van der Waals surface area contributed by atoms with Gasteiger partial charge in [-0.25, -0.2) is 4.39 Å². The van der Waals surface area contributed by atoms with E-state index in [1.807, 2.05) is 35.3 Å². The van der Waals surface area contributed by atoms with E-state index in [0.717, 1.165) is 31.2 Å². The molecular weight excluding hydrogens is 301 g/mol. The molecule has 3 rings (SSSR count). The zero-order valence-corrected chi connectivity index (χ0v) is 12.9.